The minimum absolute atomic E-state index is 0.0144. The van der Waals surface area contributed by atoms with Gasteiger partial charge in [0, 0.05) is 5.02 Å². The van der Waals surface area contributed by atoms with E-state index in [0.717, 1.165) is 18.2 Å². The van der Waals surface area contributed by atoms with Crippen molar-refractivity contribution in [1.29, 1.82) is 5.26 Å². The lowest BCUT2D eigenvalue weighted by atomic mass is 10.2. The van der Waals surface area contributed by atoms with Gasteiger partial charge in [0.1, 0.15) is 11.8 Å². The predicted octanol–water partition coefficient (Wildman–Crippen LogP) is 4.08. The normalized spacial score (nSPS) is 12.4. The molecular weight excluding hydrogens is 300 g/mol. The molecule has 0 aromatic heterocycles. The molecule has 0 spiro atoms. The van der Waals surface area contributed by atoms with Crippen LogP contribution in [0.1, 0.15) is 5.56 Å². The van der Waals surface area contributed by atoms with Gasteiger partial charge in [0.25, 0.3) is 6.10 Å². The summed E-state index contributed by atoms with van der Waals surface area (Å²) in [6.45, 7) is 0. The van der Waals surface area contributed by atoms with Gasteiger partial charge in [-0.3, -0.25) is 0 Å². The summed E-state index contributed by atoms with van der Waals surface area (Å²) in [5.74, 6) is -0.841. The van der Waals surface area contributed by atoms with E-state index in [1.807, 2.05) is 0 Å². The van der Waals surface area contributed by atoms with Gasteiger partial charge in [-0.05, 0) is 18.2 Å². The monoisotopic (exact) mass is 303 g/mol. The summed E-state index contributed by atoms with van der Waals surface area (Å²) in [6, 6.07) is 4.09. The van der Waals surface area contributed by atoms with Crippen molar-refractivity contribution < 1.29 is 31.1 Å². The van der Waals surface area contributed by atoms with Crippen molar-refractivity contribution in [2.45, 2.75) is 18.5 Å². The second-order valence-electron chi connectivity index (χ2n) is 3.33. The zero-order chi connectivity index (χ0) is 14.8. The van der Waals surface area contributed by atoms with Crippen molar-refractivity contribution in [3.8, 4) is 11.8 Å². The first-order valence-corrected chi connectivity index (χ1v) is 4.93. The molecule has 0 radical (unpaired) electrons. The largest absolute Gasteiger partial charge is 0.470 e. The number of benzene rings is 1. The number of nitriles is 1. The van der Waals surface area contributed by atoms with E-state index in [2.05, 4.69) is 4.74 Å². The molecule has 1 rings (SSSR count). The van der Waals surface area contributed by atoms with E-state index in [-0.39, 0.29) is 5.02 Å². The molecule has 0 aliphatic rings. The third-order valence-electron chi connectivity index (χ3n) is 1.90. The molecule has 1 aromatic rings. The van der Waals surface area contributed by atoms with Gasteiger partial charge in [-0.1, -0.05) is 11.6 Å². The van der Waals surface area contributed by atoms with Crippen LogP contribution >= 0.6 is 11.6 Å². The molecule has 0 saturated heterocycles. The van der Waals surface area contributed by atoms with Gasteiger partial charge in [0.05, 0.1) is 5.56 Å². The van der Waals surface area contributed by atoms with Crippen LogP contribution in [0.3, 0.4) is 0 Å². The van der Waals surface area contributed by atoms with Crippen molar-refractivity contribution in [3.05, 3.63) is 28.8 Å². The number of hydrogen-bond donors (Lipinski definition) is 0. The molecule has 0 unspecified atom stereocenters. The van der Waals surface area contributed by atoms with Gasteiger partial charge >= 0.3 is 12.4 Å². The fourth-order valence-corrected chi connectivity index (χ4v) is 1.31. The van der Waals surface area contributed by atoms with E-state index in [1.165, 1.54) is 6.07 Å². The summed E-state index contributed by atoms with van der Waals surface area (Å²) in [6.07, 6.45) is -15.3. The van der Waals surface area contributed by atoms with Crippen LogP contribution in [0.25, 0.3) is 0 Å². The van der Waals surface area contributed by atoms with E-state index in [0.29, 0.717) is 0 Å². The molecule has 0 aliphatic heterocycles. The molecule has 104 valence electrons. The van der Waals surface area contributed by atoms with Crippen molar-refractivity contribution >= 4 is 11.6 Å². The van der Waals surface area contributed by atoms with Crippen LogP contribution in [0.5, 0.6) is 5.75 Å². The van der Waals surface area contributed by atoms with Crippen LogP contribution in [-0.4, -0.2) is 18.5 Å². The molecule has 0 bridgehead atoms. The Bertz CT molecular complexity index is 490. The Balaban J connectivity index is 3.15. The van der Waals surface area contributed by atoms with Gasteiger partial charge in [0.2, 0.25) is 0 Å². The molecule has 0 N–H and O–H groups in total. The summed E-state index contributed by atoms with van der Waals surface area (Å²) >= 11 is 5.46. The van der Waals surface area contributed by atoms with E-state index < -0.39 is 29.8 Å². The van der Waals surface area contributed by atoms with E-state index in [1.54, 1.807) is 0 Å². The number of hydrogen-bond acceptors (Lipinski definition) is 2. The van der Waals surface area contributed by atoms with Crippen LogP contribution < -0.4 is 4.74 Å². The van der Waals surface area contributed by atoms with Crippen LogP contribution in [0.2, 0.25) is 5.02 Å². The SMILES string of the molecule is N#Cc1cc(Cl)ccc1OC(C(F)(F)F)C(F)(F)F. The van der Waals surface area contributed by atoms with Crippen LogP contribution in [0.4, 0.5) is 26.3 Å². The average Bonchev–Trinajstić information content (AvgIpc) is 2.23. The van der Waals surface area contributed by atoms with E-state index in [4.69, 9.17) is 16.9 Å². The summed E-state index contributed by atoms with van der Waals surface area (Å²) in [5.41, 5.74) is -0.522. The van der Waals surface area contributed by atoms with Crippen molar-refractivity contribution in [3.63, 3.8) is 0 Å². The molecule has 19 heavy (non-hydrogen) atoms. The lowest BCUT2D eigenvalue weighted by Crippen LogP contribution is -2.46. The molecule has 0 saturated carbocycles. The Morgan fingerprint density at radius 2 is 1.63 bits per heavy atom. The molecule has 9 heteroatoms. The maximum atomic E-state index is 12.3. The molecule has 0 fully saturated rings. The summed E-state index contributed by atoms with van der Waals surface area (Å²) < 4.78 is 77.5. The Labute approximate surface area is 108 Å². The molecular formula is C10H4ClF6NO. The number of ether oxygens (including phenoxy) is 1. The van der Waals surface area contributed by atoms with Gasteiger partial charge in [0.15, 0.2) is 0 Å². The van der Waals surface area contributed by atoms with E-state index >= 15 is 0 Å². The van der Waals surface area contributed by atoms with Crippen molar-refractivity contribution in [1.82, 2.24) is 0 Å². The first-order valence-electron chi connectivity index (χ1n) is 4.55. The van der Waals surface area contributed by atoms with Crippen LogP contribution in [0, 0.1) is 11.3 Å². The predicted molar refractivity (Wildman–Crippen MR) is 52.7 cm³/mol. The summed E-state index contributed by atoms with van der Waals surface area (Å²) in [4.78, 5) is 0. The van der Waals surface area contributed by atoms with Crippen LogP contribution in [0.15, 0.2) is 18.2 Å². The molecule has 0 atom stereocenters. The number of rotatable bonds is 2. The zero-order valence-corrected chi connectivity index (χ0v) is 9.57. The highest BCUT2D eigenvalue weighted by Crippen LogP contribution is 2.37. The molecule has 0 aliphatic carbocycles. The van der Waals surface area contributed by atoms with Gasteiger partial charge in [-0.15, -0.1) is 0 Å². The topological polar surface area (TPSA) is 33.0 Å². The maximum absolute atomic E-state index is 12.3. The molecule has 0 heterocycles. The number of alkyl halides is 6. The maximum Gasteiger partial charge on any atom is 0.434 e. The fourth-order valence-electron chi connectivity index (χ4n) is 1.14. The molecule has 0 amide bonds. The summed E-state index contributed by atoms with van der Waals surface area (Å²) in [5, 5.41) is 8.60. The minimum Gasteiger partial charge on any atom is -0.470 e. The fraction of sp³-hybridized carbons (Fsp3) is 0.300. The smallest absolute Gasteiger partial charge is 0.434 e. The highest BCUT2D eigenvalue weighted by Gasteiger charge is 2.59. The quantitative estimate of drug-likeness (QED) is 0.771. The average molecular weight is 304 g/mol. The number of halogens is 7. The minimum atomic E-state index is -5.65. The lowest BCUT2D eigenvalue weighted by molar-refractivity contribution is -0.299. The Morgan fingerprint density at radius 3 is 2.05 bits per heavy atom. The Hall–Kier alpha value is -1.62. The second kappa shape index (κ2) is 5.17. The van der Waals surface area contributed by atoms with E-state index in [9.17, 15) is 26.3 Å². The van der Waals surface area contributed by atoms with Gasteiger partial charge < -0.3 is 4.74 Å². The zero-order valence-electron chi connectivity index (χ0n) is 8.81. The van der Waals surface area contributed by atoms with Gasteiger partial charge in [-0.25, -0.2) is 0 Å². The Kier molecular flexibility index (Phi) is 4.20. The number of nitrogens with zero attached hydrogens (tertiary/aromatic N) is 1. The lowest BCUT2D eigenvalue weighted by Gasteiger charge is -2.24. The highest BCUT2D eigenvalue weighted by molar-refractivity contribution is 6.30. The Morgan fingerprint density at radius 1 is 1.11 bits per heavy atom. The van der Waals surface area contributed by atoms with Gasteiger partial charge in [-0.2, -0.15) is 31.6 Å². The highest BCUT2D eigenvalue weighted by atomic mass is 35.5. The molecule has 2 nitrogen and oxygen atoms in total. The standard InChI is InChI=1S/C10H4ClF6NO/c11-6-1-2-7(5(3-6)4-18)19-8(9(12,13)14)10(15,16)17/h1-3,8H. The second-order valence-corrected chi connectivity index (χ2v) is 3.77. The molecule has 1 aromatic carbocycles. The first kappa shape index (κ1) is 15.4. The van der Waals surface area contributed by atoms with Crippen LogP contribution in [-0.2, 0) is 0 Å². The third kappa shape index (κ3) is 3.92. The summed E-state index contributed by atoms with van der Waals surface area (Å²) in [7, 11) is 0. The first-order chi connectivity index (χ1) is 8.55. The van der Waals surface area contributed by atoms with Crippen molar-refractivity contribution in [2.24, 2.45) is 0 Å². The third-order valence-corrected chi connectivity index (χ3v) is 2.14. The van der Waals surface area contributed by atoms with Crippen molar-refractivity contribution in [2.75, 3.05) is 0 Å².